The minimum atomic E-state index is -0.457. The number of carbonyl (C=O) groups excluding carboxylic acids is 1. The molecule has 0 bridgehead atoms. The van der Waals surface area contributed by atoms with Crippen LogP contribution in [0.2, 0.25) is 0 Å². The first-order valence-corrected chi connectivity index (χ1v) is 6.37. The molecule has 1 aliphatic heterocycles. The standard InChI is InChI=1S/C13H26N2O2/c1-12(2)7-8-14-13(3,4)11(16)15(12)9-6-10-17-5/h14H,6-10H2,1-5H3. The molecule has 0 unspecified atom stereocenters. The molecular weight excluding hydrogens is 216 g/mol. The van der Waals surface area contributed by atoms with Gasteiger partial charge in [0.2, 0.25) is 5.91 Å². The van der Waals surface area contributed by atoms with Gasteiger partial charge in [-0.25, -0.2) is 0 Å². The normalized spacial score (nSPS) is 23.6. The highest BCUT2D eigenvalue weighted by atomic mass is 16.5. The summed E-state index contributed by atoms with van der Waals surface area (Å²) in [5, 5.41) is 3.32. The molecule has 4 heteroatoms. The Hall–Kier alpha value is -0.610. The fourth-order valence-electron chi connectivity index (χ4n) is 2.27. The van der Waals surface area contributed by atoms with Gasteiger partial charge in [-0.3, -0.25) is 4.79 Å². The Morgan fingerprint density at radius 1 is 1.35 bits per heavy atom. The number of hydrogen-bond donors (Lipinski definition) is 1. The van der Waals surface area contributed by atoms with Crippen molar-refractivity contribution < 1.29 is 9.53 Å². The van der Waals surface area contributed by atoms with Gasteiger partial charge < -0.3 is 15.0 Å². The molecule has 0 radical (unpaired) electrons. The number of amides is 1. The molecule has 1 aliphatic rings. The molecule has 100 valence electrons. The number of carbonyl (C=O) groups is 1. The maximum absolute atomic E-state index is 12.5. The Bertz CT molecular complexity index is 275. The van der Waals surface area contributed by atoms with Crippen LogP contribution >= 0.6 is 0 Å². The molecule has 1 amide bonds. The summed E-state index contributed by atoms with van der Waals surface area (Å²) in [5.41, 5.74) is -0.535. The Kier molecular flexibility index (Phi) is 4.55. The van der Waals surface area contributed by atoms with Gasteiger partial charge in [-0.2, -0.15) is 0 Å². The molecule has 1 saturated heterocycles. The predicted octanol–water partition coefficient (Wildman–Crippen LogP) is 1.40. The van der Waals surface area contributed by atoms with Gasteiger partial charge in [0.1, 0.15) is 0 Å². The van der Waals surface area contributed by atoms with Gasteiger partial charge in [-0.1, -0.05) is 0 Å². The van der Waals surface area contributed by atoms with Gasteiger partial charge in [-0.05, 0) is 47.1 Å². The number of rotatable bonds is 4. The molecule has 0 aliphatic carbocycles. The Balaban J connectivity index is 2.80. The van der Waals surface area contributed by atoms with E-state index >= 15 is 0 Å². The molecule has 1 heterocycles. The molecule has 17 heavy (non-hydrogen) atoms. The molecule has 4 nitrogen and oxygen atoms in total. The Morgan fingerprint density at radius 3 is 2.59 bits per heavy atom. The van der Waals surface area contributed by atoms with E-state index in [0.29, 0.717) is 6.61 Å². The van der Waals surface area contributed by atoms with Gasteiger partial charge >= 0.3 is 0 Å². The summed E-state index contributed by atoms with van der Waals surface area (Å²) < 4.78 is 5.07. The molecule has 0 aromatic heterocycles. The minimum Gasteiger partial charge on any atom is -0.385 e. The summed E-state index contributed by atoms with van der Waals surface area (Å²) >= 11 is 0. The predicted molar refractivity (Wildman–Crippen MR) is 69.0 cm³/mol. The zero-order chi connectivity index (χ0) is 13.1. The van der Waals surface area contributed by atoms with Crippen molar-refractivity contribution in [3.8, 4) is 0 Å². The zero-order valence-electron chi connectivity index (χ0n) is 11.8. The average Bonchev–Trinajstić information content (AvgIpc) is 2.28. The smallest absolute Gasteiger partial charge is 0.242 e. The van der Waals surface area contributed by atoms with Gasteiger partial charge in [-0.15, -0.1) is 0 Å². The van der Waals surface area contributed by atoms with Gasteiger partial charge in [0, 0.05) is 25.8 Å². The van der Waals surface area contributed by atoms with E-state index in [4.69, 9.17) is 4.74 Å². The number of nitrogens with one attached hydrogen (secondary N) is 1. The van der Waals surface area contributed by atoms with E-state index in [2.05, 4.69) is 19.2 Å². The maximum atomic E-state index is 12.5. The second-order valence-electron chi connectivity index (χ2n) is 5.92. The largest absolute Gasteiger partial charge is 0.385 e. The Morgan fingerprint density at radius 2 is 2.00 bits per heavy atom. The van der Waals surface area contributed by atoms with Crippen LogP contribution in [0.1, 0.15) is 40.5 Å². The van der Waals surface area contributed by atoms with E-state index in [1.54, 1.807) is 7.11 Å². The second kappa shape index (κ2) is 5.36. The third-order valence-electron chi connectivity index (χ3n) is 3.54. The molecule has 0 spiro atoms. The van der Waals surface area contributed by atoms with Crippen LogP contribution in [0.4, 0.5) is 0 Å². The SMILES string of the molecule is COCCCN1C(=O)C(C)(C)NCCC1(C)C. The molecule has 0 atom stereocenters. The lowest BCUT2D eigenvalue weighted by atomic mass is 9.96. The first kappa shape index (κ1) is 14.5. The molecule has 0 aromatic carbocycles. The third-order valence-corrected chi connectivity index (χ3v) is 3.54. The Labute approximate surface area is 105 Å². The van der Waals surface area contributed by atoms with E-state index < -0.39 is 5.54 Å². The van der Waals surface area contributed by atoms with Crippen LogP contribution in [-0.2, 0) is 9.53 Å². The molecule has 1 rings (SSSR count). The average molecular weight is 242 g/mol. The third kappa shape index (κ3) is 3.42. The maximum Gasteiger partial charge on any atom is 0.242 e. The number of nitrogens with zero attached hydrogens (tertiary/aromatic N) is 1. The van der Waals surface area contributed by atoms with E-state index in [-0.39, 0.29) is 11.4 Å². The quantitative estimate of drug-likeness (QED) is 0.758. The van der Waals surface area contributed by atoms with Crippen molar-refractivity contribution in [1.29, 1.82) is 0 Å². The van der Waals surface area contributed by atoms with Crippen molar-refractivity contribution in [3.05, 3.63) is 0 Å². The van der Waals surface area contributed by atoms with E-state index in [1.165, 1.54) is 0 Å². The molecule has 0 saturated carbocycles. The monoisotopic (exact) mass is 242 g/mol. The zero-order valence-corrected chi connectivity index (χ0v) is 11.8. The topological polar surface area (TPSA) is 41.6 Å². The highest BCUT2D eigenvalue weighted by Gasteiger charge is 2.41. The van der Waals surface area contributed by atoms with E-state index in [9.17, 15) is 4.79 Å². The van der Waals surface area contributed by atoms with E-state index in [1.807, 2.05) is 18.7 Å². The summed E-state index contributed by atoms with van der Waals surface area (Å²) in [7, 11) is 1.70. The van der Waals surface area contributed by atoms with Gasteiger partial charge in [0.15, 0.2) is 0 Å². The van der Waals surface area contributed by atoms with Crippen molar-refractivity contribution in [3.63, 3.8) is 0 Å². The molecule has 1 N–H and O–H groups in total. The lowest BCUT2D eigenvalue weighted by Crippen LogP contribution is -2.56. The van der Waals surface area contributed by atoms with Crippen LogP contribution in [0.5, 0.6) is 0 Å². The summed E-state index contributed by atoms with van der Waals surface area (Å²) in [5.74, 6) is 0.191. The molecular formula is C13H26N2O2. The number of hydrogen-bond acceptors (Lipinski definition) is 3. The highest BCUT2D eigenvalue weighted by molar-refractivity contribution is 5.86. The first-order chi connectivity index (χ1) is 7.81. The van der Waals surface area contributed by atoms with Crippen molar-refractivity contribution >= 4 is 5.91 Å². The second-order valence-corrected chi connectivity index (χ2v) is 5.92. The summed E-state index contributed by atoms with van der Waals surface area (Å²) in [6, 6.07) is 0. The number of ether oxygens (including phenoxy) is 1. The van der Waals surface area contributed by atoms with Crippen molar-refractivity contribution in [2.24, 2.45) is 0 Å². The lowest BCUT2D eigenvalue weighted by molar-refractivity contribution is -0.141. The van der Waals surface area contributed by atoms with Crippen LogP contribution < -0.4 is 5.32 Å². The van der Waals surface area contributed by atoms with Crippen molar-refractivity contribution in [1.82, 2.24) is 10.2 Å². The lowest BCUT2D eigenvalue weighted by Gasteiger charge is -2.39. The summed E-state index contributed by atoms with van der Waals surface area (Å²) in [6.45, 7) is 10.5. The van der Waals surface area contributed by atoms with Crippen molar-refractivity contribution in [2.45, 2.75) is 51.6 Å². The van der Waals surface area contributed by atoms with Crippen molar-refractivity contribution in [2.75, 3.05) is 26.8 Å². The fourth-order valence-corrected chi connectivity index (χ4v) is 2.27. The van der Waals surface area contributed by atoms with E-state index in [0.717, 1.165) is 25.9 Å². The minimum absolute atomic E-state index is 0.0778. The first-order valence-electron chi connectivity index (χ1n) is 6.37. The number of methoxy groups -OCH3 is 1. The van der Waals surface area contributed by atoms with Crippen LogP contribution in [-0.4, -0.2) is 48.7 Å². The van der Waals surface area contributed by atoms with Crippen LogP contribution in [0, 0.1) is 0 Å². The summed E-state index contributed by atoms with van der Waals surface area (Å²) in [6.07, 6.45) is 1.87. The fraction of sp³-hybridized carbons (Fsp3) is 0.923. The van der Waals surface area contributed by atoms with Gasteiger partial charge in [0.05, 0.1) is 5.54 Å². The van der Waals surface area contributed by atoms with Crippen LogP contribution in [0.3, 0.4) is 0 Å². The van der Waals surface area contributed by atoms with Crippen LogP contribution in [0.15, 0.2) is 0 Å². The summed E-state index contributed by atoms with van der Waals surface area (Å²) in [4.78, 5) is 14.5. The molecule has 0 aromatic rings. The molecule has 1 fully saturated rings. The highest BCUT2D eigenvalue weighted by Crippen LogP contribution is 2.26. The van der Waals surface area contributed by atoms with Gasteiger partial charge in [0.25, 0.3) is 0 Å². The van der Waals surface area contributed by atoms with Crippen LogP contribution in [0.25, 0.3) is 0 Å².